The van der Waals surface area contributed by atoms with Crippen molar-refractivity contribution < 1.29 is 4.74 Å². The van der Waals surface area contributed by atoms with E-state index < -0.39 is 0 Å². The molecule has 1 aromatic carbocycles. The van der Waals surface area contributed by atoms with E-state index in [1.165, 1.54) is 66.3 Å². The molecule has 3 aromatic heterocycles. The number of hydrogen-bond donors (Lipinski definition) is 0. The molecular formula is C29H34N4O. The number of aromatic nitrogens is 3. The van der Waals surface area contributed by atoms with Crippen LogP contribution in [-0.4, -0.2) is 45.2 Å². The molecule has 176 valence electrons. The second-order valence-electron chi connectivity index (χ2n) is 10.3. The molecule has 4 aromatic rings. The third-order valence-corrected chi connectivity index (χ3v) is 8.16. The smallest absolute Gasteiger partial charge is 0.213 e. The lowest BCUT2D eigenvalue weighted by Crippen LogP contribution is -2.43. The molecule has 2 aliphatic rings. The summed E-state index contributed by atoms with van der Waals surface area (Å²) in [6.45, 7) is 6.14. The Bertz CT molecular complexity index is 1280. The summed E-state index contributed by atoms with van der Waals surface area (Å²) in [5.41, 5.74) is 4.69. The van der Waals surface area contributed by atoms with Crippen LogP contribution >= 0.6 is 0 Å². The summed E-state index contributed by atoms with van der Waals surface area (Å²) in [5, 5.41) is 2.43. The average Bonchev–Trinajstić information content (AvgIpc) is 3.15. The summed E-state index contributed by atoms with van der Waals surface area (Å²) >= 11 is 0. The van der Waals surface area contributed by atoms with Crippen LogP contribution in [0.5, 0.6) is 5.88 Å². The minimum absolute atomic E-state index is 0.317. The molecule has 2 fully saturated rings. The van der Waals surface area contributed by atoms with E-state index in [9.17, 15) is 0 Å². The Morgan fingerprint density at radius 2 is 1.74 bits per heavy atom. The molecule has 34 heavy (non-hydrogen) atoms. The van der Waals surface area contributed by atoms with Gasteiger partial charge in [-0.05, 0) is 74.4 Å². The normalized spacial score (nSPS) is 21.7. The van der Waals surface area contributed by atoms with Crippen LogP contribution < -0.4 is 4.74 Å². The fraction of sp³-hybridized carbons (Fsp3) is 0.448. The number of ether oxygens (including phenoxy) is 1. The van der Waals surface area contributed by atoms with Gasteiger partial charge in [0.25, 0.3) is 0 Å². The Hall–Kier alpha value is -2.92. The van der Waals surface area contributed by atoms with Gasteiger partial charge in [0, 0.05) is 60.1 Å². The fourth-order valence-corrected chi connectivity index (χ4v) is 5.89. The van der Waals surface area contributed by atoms with Gasteiger partial charge < -0.3 is 14.2 Å². The van der Waals surface area contributed by atoms with Crippen molar-refractivity contribution >= 4 is 21.8 Å². The van der Waals surface area contributed by atoms with Crippen LogP contribution in [0.15, 0.2) is 55.0 Å². The molecule has 6 rings (SSSR count). The van der Waals surface area contributed by atoms with Crippen molar-refractivity contribution in [1.82, 2.24) is 19.4 Å². The topological polar surface area (TPSA) is 43.2 Å². The van der Waals surface area contributed by atoms with Gasteiger partial charge in [0.2, 0.25) is 5.88 Å². The quantitative estimate of drug-likeness (QED) is 0.355. The van der Waals surface area contributed by atoms with Gasteiger partial charge in [-0.1, -0.05) is 25.5 Å². The molecule has 0 N–H and O–H groups in total. The predicted molar refractivity (Wildman–Crippen MR) is 138 cm³/mol. The monoisotopic (exact) mass is 454 g/mol. The number of fused-ring (bicyclic) bond motifs is 3. The van der Waals surface area contributed by atoms with Crippen LogP contribution in [-0.2, 0) is 7.05 Å². The third-order valence-electron chi connectivity index (χ3n) is 8.16. The number of rotatable bonds is 6. The summed E-state index contributed by atoms with van der Waals surface area (Å²) < 4.78 is 8.42. The van der Waals surface area contributed by atoms with Gasteiger partial charge in [0.15, 0.2) is 0 Å². The van der Waals surface area contributed by atoms with E-state index in [4.69, 9.17) is 4.74 Å². The first-order chi connectivity index (χ1) is 16.7. The maximum Gasteiger partial charge on any atom is 0.213 e. The molecule has 0 amide bonds. The molecule has 0 radical (unpaired) electrons. The number of hydrogen-bond acceptors (Lipinski definition) is 4. The van der Waals surface area contributed by atoms with Crippen LogP contribution in [0.3, 0.4) is 0 Å². The molecule has 0 spiro atoms. The van der Waals surface area contributed by atoms with Gasteiger partial charge in [-0.3, -0.25) is 4.98 Å². The van der Waals surface area contributed by atoms with Crippen molar-refractivity contribution in [2.45, 2.75) is 45.1 Å². The Kier molecular flexibility index (Phi) is 5.74. The molecule has 1 saturated heterocycles. The fourth-order valence-electron chi connectivity index (χ4n) is 5.89. The molecular weight excluding hydrogens is 420 g/mol. The lowest BCUT2D eigenvalue weighted by atomic mass is 9.81. The standard InChI is InChI=1S/C29H34N4O/c1-3-20-9-12-33(13-10-20)19-21-14-24(15-21)34-29-7-5-23(17-31-29)22-4-6-25-26-18-30-11-8-27(26)32(2)28(25)16-22/h4-8,11,16-18,20-21,24H,3,9-10,12-15,19H2,1-2H3/t21-,24-. The molecule has 1 aliphatic heterocycles. The molecule has 0 bridgehead atoms. The second kappa shape index (κ2) is 9.03. The summed E-state index contributed by atoms with van der Waals surface area (Å²) in [6.07, 6.45) is 12.5. The molecule has 0 unspecified atom stereocenters. The van der Waals surface area contributed by atoms with Crippen molar-refractivity contribution in [3.8, 4) is 17.0 Å². The van der Waals surface area contributed by atoms with Gasteiger partial charge in [-0.15, -0.1) is 0 Å². The Morgan fingerprint density at radius 1 is 0.912 bits per heavy atom. The van der Waals surface area contributed by atoms with E-state index in [1.807, 2.05) is 24.7 Å². The summed E-state index contributed by atoms with van der Waals surface area (Å²) in [7, 11) is 2.11. The zero-order valence-electron chi connectivity index (χ0n) is 20.3. The number of pyridine rings is 2. The minimum Gasteiger partial charge on any atom is -0.474 e. The Morgan fingerprint density at radius 3 is 2.50 bits per heavy atom. The van der Waals surface area contributed by atoms with Crippen LogP contribution in [0.1, 0.15) is 39.0 Å². The van der Waals surface area contributed by atoms with Crippen molar-refractivity contribution in [2.75, 3.05) is 19.6 Å². The largest absolute Gasteiger partial charge is 0.474 e. The molecule has 1 saturated carbocycles. The van der Waals surface area contributed by atoms with Crippen molar-refractivity contribution in [3.05, 3.63) is 55.0 Å². The highest BCUT2D eigenvalue weighted by Gasteiger charge is 2.33. The van der Waals surface area contributed by atoms with Crippen molar-refractivity contribution in [2.24, 2.45) is 18.9 Å². The lowest BCUT2D eigenvalue weighted by Gasteiger charge is -2.40. The zero-order valence-corrected chi connectivity index (χ0v) is 20.3. The van der Waals surface area contributed by atoms with Crippen LogP contribution in [0.2, 0.25) is 0 Å². The first-order valence-corrected chi connectivity index (χ1v) is 12.9. The van der Waals surface area contributed by atoms with E-state index in [-0.39, 0.29) is 0 Å². The van der Waals surface area contributed by atoms with E-state index >= 15 is 0 Å². The first kappa shape index (κ1) is 21.6. The van der Waals surface area contributed by atoms with Crippen molar-refractivity contribution in [3.63, 3.8) is 0 Å². The van der Waals surface area contributed by atoms with Crippen LogP contribution in [0.4, 0.5) is 0 Å². The maximum absolute atomic E-state index is 6.18. The Balaban J connectivity index is 1.07. The van der Waals surface area contributed by atoms with E-state index in [2.05, 4.69) is 63.7 Å². The number of piperidine rings is 1. The maximum atomic E-state index is 6.18. The number of aryl methyl sites for hydroxylation is 1. The first-order valence-electron chi connectivity index (χ1n) is 12.9. The predicted octanol–water partition coefficient (Wildman–Crippen LogP) is 6.07. The highest BCUT2D eigenvalue weighted by atomic mass is 16.5. The lowest BCUT2D eigenvalue weighted by molar-refractivity contribution is 0.0324. The highest BCUT2D eigenvalue weighted by Crippen LogP contribution is 2.34. The second-order valence-corrected chi connectivity index (χ2v) is 10.3. The van der Waals surface area contributed by atoms with Crippen molar-refractivity contribution in [1.29, 1.82) is 0 Å². The van der Waals surface area contributed by atoms with Gasteiger partial charge >= 0.3 is 0 Å². The number of nitrogens with zero attached hydrogens (tertiary/aromatic N) is 4. The van der Waals surface area contributed by atoms with Gasteiger partial charge in [-0.2, -0.15) is 0 Å². The van der Waals surface area contributed by atoms with Crippen LogP contribution in [0.25, 0.3) is 32.9 Å². The van der Waals surface area contributed by atoms with E-state index in [0.717, 1.165) is 36.1 Å². The highest BCUT2D eigenvalue weighted by molar-refractivity contribution is 6.08. The van der Waals surface area contributed by atoms with Gasteiger partial charge in [-0.25, -0.2) is 4.98 Å². The van der Waals surface area contributed by atoms with Gasteiger partial charge in [0.1, 0.15) is 6.10 Å². The summed E-state index contributed by atoms with van der Waals surface area (Å²) in [5.74, 6) is 2.48. The SMILES string of the molecule is CCC1CCN(C[C@H]2C[C@H](Oc3ccc(-c4ccc5c6cnccc6n(C)c5c4)cn3)C2)CC1. The number of benzene rings is 1. The molecule has 4 heterocycles. The molecule has 5 heteroatoms. The molecule has 1 aliphatic carbocycles. The minimum atomic E-state index is 0.317. The Labute approximate surface area is 201 Å². The number of likely N-dealkylation sites (tertiary alicyclic amines) is 1. The summed E-state index contributed by atoms with van der Waals surface area (Å²) in [4.78, 5) is 11.6. The average molecular weight is 455 g/mol. The van der Waals surface area contributed by atoms with Crippen LogP contribution in [0, 0.1) is 11.8 Å². The van der Waals surface area contributed by atoms with E-state index in [0.29, 0.717) is 6.10 Å². The summed E-state index contributed by atoms with van der Waals surface area (Å²) in [6, 6.07) is 12.8. The van der Waals surface area contributed by atoms with Gasteiger partial charge in [0.05, 0.1) is 5.52 Å². The molecule has 5 nitrogen and oxygen atoms in total. The molecule has 0 atom stereocenters. The van der Waals surface area contributed by atoms with E-state index in [1.54, 1.807) is 0 Å². The zero-order chi connectivity index (χ0) is 23.1. The third kappa shape index (κ3) is 4.07.